The zero-order valence-electron chi connectivity index (χ0n) is 10.9. The summed E-state index contributed by atoms with van der Waals surface area (Å²) in [6.07, 6.45) is 4.64. The van der Waals surface area contributed by atoms with E-state index < -0.39 is 17.7 Å². The van der Waals surface area contributed by atoms with E-state index in [0.29, 0.717) is 18.1 Å². The molecule has 0 amide bonds. The van der Waals surface area contributed by atoms with E-state index >= 15 is 0 Å². The zero-order valence-corrected chi connectivity index (χ0v) is 10.9. The van der Waals surface area contributed by atoms with Gasteiger partial charge in [-0.2, -0.15) is 0 Å². The number of halogens is 2. The predicted octanol–water partition coefficient (Wildman–Crippen LogP) is 3.22. The van der Waals surface area contributed by atoms with Crippen LogP contribution >= 0.6 is 0 Å². The third kappa shape index (κ3) is 4.55. The van der Waals surface area contributed by atoms with Gasteiger partial charge in [0.1, 0.15) is 11.6 Å². The standard InChI is InChI=1S/C15H20F2O2/c16-12-7-6-11(15(17)10-12)9-13(18)3-1-4-14-5-2-8-19-14/h6-7,10,13-14,18H,1-5,8-9H2. The maximum atomic E-state index is 13.4. The minimum Gasteiger partial charge on any atom is -0.393 e. The van der Waals surface area contributed by atoms with Crippen LogP contribution in [0.1, 0.15) is 37.7 Å². The van der Waals surface area contributed by atoms with E-state index in [-0.39, 0.29) is 6.42 Å². The Balaban J connectivity index is 1.72. The summed E-state index contributed by atoms with van der Waals surface area (Å²) in [7, 11) is 0. The summed E-state index contributed by atoms with van der Waals surface area (Å²) in [5.74, 6) is -1.17. The Morgan fingerprint density at radius 1 is 1.37 bits per heavy atom. The summed E-state index contributed by atoms with van der Waals surface area (Å²) in [6, 6.07) is 3.47. The average Bonchev–Trinajstić information content (AvgIpc) is 2.86. The van der Waals surface area contributed by atoms with Crippen molar-refractivity contribution in [3.8, 4) is 0 Å². The first kappa shape index (κ1) is 14.4. The van der Waals surface area contributed by atoms with Crippen LogP contribution in [0.15, 0.2) is 18.2 Å². The van der Waals surface area contributed by atoms with Gasteiger partial charge < -0.3 is 9.84 Å². The molecule has 0 saturated carbocycles. The number of rotatable bonds is 6. The van der Waals surface area contributed by atoms with Crippen LogP contribution in [0.2, 0.25) is 0 Å². The van der Waals surface area contributed by atoms with Gasteiger partial charge in [0.05, 0.1) is 12.2 Å². The van der Waals surface area contributed by atoms with Crippen LogP contribution in [0.4, 0.5) is 8.78 Å². The predicted molar refractivity (Wildman–Crippen MR) is 68.9 cm³/mol. The first-order valence-electron chi connectivity index (χ1n) is 6.89. The molecule has 1 saturated heterocycles. The van der Waals surface area contributed by atoms with Crippen molar-refractivity contribution >= 4 is 0 Å². The van der Waals surface area contributed by atoms with E-state index in [1.165, 1.54) is 12.1 Å². The second-order valence-corrected chi connectivity index (χ2v) is 5.16. The normalized spacial score (nSPS) is 20.7. The summed E-state index contributed by atoms with van der Waals surface area (Å²) in [4.78, 5) is 0. The summed E-state index contributed by atoms with van der Waals surface area (Å²) in [5, 5.41) is 9.87. The van der Waals surface area contributed by atoms with Crippen LogP contribution < -0.4 is 0 Å². The lowest BCUT2D eigenvalue weighted by molar-refractivity contribution is 0.0944. The smallest absolute Gasteiger partial charge is 0.129 e. The molecule has 1 N–H and O–H groups in total. The topological polar surface area (TPSA) is 29.5 Å². The van der Waals surface area contributed by atoms with Crippen LogP contribution in [-0.2, 0) is 11.2 Å². The average molecular weight is 270 g/mol. The molecule has 2 rings (SSSR count). The molecule has 1 heterocycles. The van der Waals surface area contributed by atoms with Gasteiger partial charge >= 0.3 is 0 Å². The number of aliphatic hydroxyl groups is 1. The Kier molecular flexibility index (Phi) is 5.28. The molecular formula is C15H20F2O2. The Morgan fingerprint density at radius 3 is 2.89 bits per heavy atom. The molecule has 1 fully saturated rings. The number of hydrogen-bond donors (Lipinski definition) is 1. The quantitative estimate of drug-likeness (QED) is 0.860. The van der Waals surface area contributed by atoms with Gasteiger partial charge in [0, 0.05) is 19.1 Å². The molecule has 1 aliphatic heterocycles. The Hall–Kier alpha value is -1.00. The summed E-state index contributed by atoms with van der Waals surface area (Å²) in [6.45, 7) is 0.841. The van der Waals surface area contributed by atoms with Crippen molar-refractivity contribution in [1.82, 2.24) is 0 Å². The summed E-state index contributed by atoms with van der Waals surface area (Å²) >= 11 is 0. The van der Waals surface area contributed by atoms with E-state index in [9.17, 15) is 13.9 Å². The molecule has 0 aromatic heterocycles. The molecule has 0 bridgehead atoms. The lowest BCUT2D eigenvalue weighted by atomic mass is 10.0. The van der Waals surface area contributed by atoms with Crippen LogP contribution in [0.3, 0.4) is 0 Å². The molecule has 106 valence electrons. The molecule has 0 radical (unpaired) electrons. The molecule has 0 aliphatic carbocycles. The highest BCUT2D eigenvalue weighted by Crippen LogP contribution is 2.19. The second-order valence-electron chi connectivity index (χ2n) is 5.16. The van der Waals surface area contributed by atoms with Crippen molar-refractivity contribution in [3.05, 3.63) is 35.4 Å². The van der Waals surface area contributed by atoms with Crippen LogP contribution in [0.5, 0.6) is 0 Å². The van der Waals surface area contributed by atoms with Gasteiger partial charge in [-0.1, -0.05) is 6.07 Å². The van der Waals surface area contributed by atoms with Crippen molar-refractivity contribution in [3.63, 3.8) is 0 Å². The van der Waals surface area contributed by atoms with Gasteiger partial charge in [0.25, 0.3) is 0 Å². The van der Waals surface area contributed by atoms with E-state index in [2.05, 4.69) is 0 Å². The largest absolute Gasteiger partial charge is 0.393 e. The molecule has 2 atom stereocenters. The monoisotopic (exact) mass is 270 g/mol. The van der Waals surface area contributed by atoms with Gasteiger partial charge in [0.15, 0.2) is 0 Å². The van der Waals surface area contributed by atoms with Gasteiger partial charge in [-0.05, 0) is 43.7 Å². The molecule has 0 spiro atoms. The molecule has 19 heavy (non-hydrogen) atoms. The minimum absolute atomic E-state index is 0.234. The molecule has 1 aromatic rings. The van der Waals surface area contributed by atoms with Gasteiger partial charge in [-0.3, -0.25) is 0 Å². The highest BCUT2D eigenvalue weighted by Gasteiger charge is 2.16. The van der Waals surface area contributed by atoms with Crippen LogP contribution in [0, 0.1) is 11.6 Å². The SMILES string of the molecule is OC(CCCC1CCCO1)Cc1ccc(F)cc1F. The Bertz CT molecular complexity index is 403. The number of aliphatic hydroxyl groups excluding tert-OH is 1. The Labute approximate surface area is 112 Å². The molecule has 1 aliphatic rings. The molecule has 2 nitrogen and oxygen atoms in total. The fraction of sp³-hybridized carbons (Fsp3) is 0.600. The fourth-order valence-electron chi connectivity index (χ4n) is 2.50. The lowest BCUT2D eigenvalue weighted by Gasteiger charge is -2.13. The summed E-state index contributed by atoms with van der Waals surface area (Å²) in [5.41, 5.74) is 0.367. The third-order valence-electron chi connectivity index (χ3n) is 3.56. The zero-order chi connectivity index (χ0) is 13.7. The van der Waals surface area contributed by atoms with E-state index in [4.69, 9.17) is 4.74 Å². The number of ether oxygens (including phenoxy) is 1. The molecule has 2 unspecified atom stereocenters. The lowest BCUT2D eigenvalue weighted by Crippen LogP contribution is -2.13. The minimum atomic E-state index is -0.589. The van der Waals surface area contributed by atoms with Gasteiger partial charge in [-0.15, -0.1) is 0 Å². The van der Waals surface area contributed by atoms with Crippen molar-refractivity contribution in [2.45, 2.75) is 50.7 Å². The van der Waals surface area contributed by atoms with Crippen LogP contribution in [0.25, 0.3) is 0 Å². The molecule has 4 heteroatoms. The van der Waals surface area contributed by atoms with Crippen LogP contribution in [-0.4, -0.2) is 23.9 Å². The van der Waals surface area contributed by atoms with E-state index in [1.807, 2.05) is 0 Å². The highest BCUT2D eigenvalue weighted by atomic mass is 19.1. The summed E-state index contributed by atoms with van der Waals surface area (Å²) < 4.78 is 31.7. The second kappa shape index (κ2) is 6.96. The van der Waals surface area contributed by atoms with Gasteiger partial charge in [-0.25, -0.2) is 8.78 Å². The number of benzene rings is 1. The van der Waals surface area contributed by atoms with Crippen molar-refractivity contribution < 1.29 is 18.6 Å². The molecule has 1 aromatic carbocycles. The number of hydrogen-bond acceptors (Lipinski definition) is 2. The first-order chi connectivity index (χ1) is 9.15. The van der Waals surface area contributed by atoms with Crippen molar-refractivity contribution in [2.75, 3.05) is 6.61 Å². The van der Waals surface area contributed by atoms with Crippen molar-refractivity contribution in [1.29, 1.82) is 0 Å². The van der Waals surface area contributed by atoms with Gasteiger partial charge in [0.2, 0.25) is 0 Å². The third-order valence-corrected chi connectivity index (χ3v) is 3.56. The molecular weight excluding hydrogens is 250 g/mol. The fourth-order valence-corrected chi connectivity index (χ4v) is 2.50. The highest BCUT2D eigenvalue weighted by molar-refractivity contribution is 5.19. The van der Waals surface area contributed by atoms with Crippen molar-refractivity contribution in [2.24, 2.45) is 0 Å². The maximum absolute atomic E-state index is 13.4. The Morgan fingerprint density at radius 2 is 2.21 bits per heavy atom. The van der Waals surface area contributed by atoms with E-state index in [1.54, 1.807) is 0 Å². The first-order valence-corrected chi connectivity index (χ1v) is 6.89. The maximum Gasteiger partial charge on any atom is 0.129 e. The van der Waals surface area contributed by atoms with E-state index in [0.717, 1.165) is 38.4 Å².